The third kappa shape index (κ3) is 2.78. The Hall–Kier alpha value is -2.23. The van der Waals surface area contributed by atoms with E-state index in [0.29, 0.717) is 12.1 Å². The van der Waals surface area contributed by atoms with Gasteiger partial charge < -0.3 is 11.2 Å². The van der Waals surface area contributed by atoms with Gasteiger partial charge in [0.15, 0.2) is 0 Å². The third-order valence-corrected chi connectivity index (χ3v) is 3.33. The zero-order chi connectivity index (χ0) is 14.0. The number of primary amides is 1. The first-order valence-electron chi connectivity index (χ1n) is 6.27. The number of aromatic nitrogens is 1. The lowest BCUT2D eigenvalue weighted by Crippen LogP contribution is -2.18. The maximum absolute atomic E-state index is 11.1. The lowest BCUT2D eigenvalue weighted by Gasteiger charge is -2.14. The summed E-state index contributed by atoms with van der Waals surface area (Å²) in [6.07, 6.45) is 0. The molecule has 1 aromatic carbocycles. The molecule has 2 aromatic rings. The predicted octanol–water partition coefficient (Wildman–Crippen LogP) is 2.26. The van der Waals surface area contributed by atoms with Crippen molar-refractivity contribution in [2.24, 2.45) is 5.73 Å². The number of amides is 1. The molecule has 2 rings (SSSR count). The SMILES string of the molecule is Cc1cc(C(N)=O)ccc1CNn1c(C)ccc1C. The minimum atomic E-state index is -0.389. The standard InChI is InChI=1S/C15H19N3O/c1-10-8-13(15(16)19)6-7-14(10)9-17-18-11(2)4-5-12(18)3/h4-8,17H,9H2,1-3H3,(H2,16,19). The van der Waals surface area contributed by atoms with Crippen molar-refractivity contribution in [1.82, 2.24) is 4.68 Å². The fraction of sp³-hybridized carbons (Fsp3) is 0.267. The normalized spacial score (nSPS) is 10.5. The van der Waals surface area contributed by atoms with Crippen LogP contribution in [0.25, 0.3) is 0 Å². The number of carbonyl (C=O) groups is 1. The number of nitrogens with one attached hydrogen (secondary N) is 1. The summed E-state index contributed by atoms with van der Waals surface area (Å²) in [6, 6.07) is 9.68. The van der Waals surface area contributed by atoms with Crippen molar-refractivity contribution in [2.45, 2.75) is 27.3 Å². The second-order valence-corrected chi connectivity index (χ2v) is 4.79. The molecule has 0 aliphatic heterocycles. The lowest BCUT2D eigenvalue weighted by molar-refractivity contribution is 0.1000. The molecule has 4 nitrogen and oxygen atoms in total. The van der Waals surface area contributed by atoms with E-state index in [9.17, 15) is 4.79 Å². The maximum atomic E-state index is 11.1. The predicted molar refractivity (Wildman–Crippen MR) is 76.7 cm³/mol. The molecule has 0 saturated heterocycles. The highest BCUT2D eigenvalue weighted by atomic mass is 16.1. The summed E-state index contributed by atoms with van der Waals surface area (Å²) in [7, 11) is 0. The highest BCUT2D eigenvalue weighted by molar-refractivity contribution is 5.93. The van der Waals surface area contributed by atoms with Crippen LogP contribution in [0.4, 0.5) is 0 Å². The summed E-state index contributed by atoms with van der Waals surface area (Å²) in [4.78, 5) is 11.1. The van der Waals surface area contributed by atoms with E-state index in [4.69, 9.17) is 5.73 Å². The molecule has 0 aliphatic rings. The number of hydrogen-bond acceptors (Lipinski definition) is 2. The molecule has 0 spiro atoms. The van der Waals surface area contributed by atoms with Gasteiger partial charge in [0.05, 0.1) is 6.54 Å². The van der Waals surface area contributed by atoms with Crippen molar-refractivity contribution in [3.8, 4) is 0 Å². The molecule has 0 fully saturated rings. The van der Waals surface area contributed by atoms with Crippen molar-refractivity contribution in [3.05, 3.63) is 58.4 Å². The molecule has 4 heteroatoms. The minimum absolute atomic E-state index is 0.389. The second-order valence-electron chi connectivity index (χ2n) is 4.79. The first kappa shape index (κ1) is 13.2. The van der Waals surface area contributed by atoms with Crippen molar-refractivity contribution < 1.29 is 4.79 Å². The number of aryl methyl sites for hydroxylation is 3. The van der Waals surface area contributed by atoms with Crippen LogP contribution in [0, 0.1) is 20.8 Å². The number of rotatable bonds is 4. The molecular weight excluding hydrogens is 238 g/mol. The van der Waals surface area contributed by atoms with Crippen LogP contribution in [0.1, 0.15) is 32.9 Å². The summed E-state index contributed by atoms with van der Waals surface area (Å²) in [5.74, 6) is -0.389. The molecule has 1 heterocycles. The van der Waals surface area contributed by atoms with Crippen LogP contribution < -0.4 is 11.2 Å². The van der Waals surface area contributed by atoms with Crippen LogP contribution in [0.15, 0.2) is 30.3 Å². The van der Waals surface area contributed by atoms with Gasteiger partial charge in [-0.2, -0.15) is 0 Å². The molecule has 0 aliphatic carbocycles. The van der Waals surface area contributed by atoms with Gasteiger partial charge in [-0.25, -0.2) is 0 Å². The fourth-order valence-electron chi connectivity index (χ4n) is 2.13. The van der Waals surface area contributed by atoms with E-state index in [-0.39, 0.29) is 5.91 Å². The number of hydrogen-bond donors (Lipinski definition) is 2. The van der Waals surface area contributed by atoms with Crippen LogP contribution in [0.3, 0.4) is 0 Å². The molecule has 0 unspecified atom stereocenters. The Kier molecular flexibility index (Phi) is 3.60. The van der Waals surface area contributed by atoms with Gasteiger partial charge in [0.25, 0.3) is 0 Å². The molecule has 100 valence electrons. The second kappa shape index (κ2) is 5.18. The molecule has 1 amide bonds. The number of nitrogens with two attached hydrogens (primary N) is 1. The Morgan fingerprint density at radius 2 is 1.79 bits per heavy atom. The highest BCUT2D eigenvalue weighted by Crippen LogP contribution is 2.12. The maximum Gasteiger partial charge on any atom is 0.248 e. The van der Waals surface area contributed by atoms with Gasteiger partial charge >= 0.3 is 0 Å². The van der Waals surface area contributed by atoms with Crippen LogP contribution >= 0.6 is 0 Å². The quantitative estimate of drug-likeness (QED) is 0.882. The van der Waals surface area contributed by atoms with Crippen molar-refractivity contribution in [3.63, 3.8) is 0 Å². The average Bonchev–Trinajstić information content (AvgIpc) is 2.68. The van der Waals surface area contributed by atoms with Gasteiger partial charge in [-0.1, -0.05) is 6.07 Å². The molecule has 0 bridgehead atoms. The molecule has 0 saturated carbocycles. The van der Waals surface area contributed by atoms with Crippen molar-refractivity contribution in [1.29, 1.82) is 0 Å². The van der Waals surface area contributed by atoms with E-state index in [0.717, 1.165) is 11.1 Å². The van der Waals surface area contributed by atoms with Gasteiger partial charge in [0.2, 0.25) is 5.91 Å². The average molecular weight is 257 g/mol. The largest absolute Gasteiger partial charge is 0.366 e. The van der Waals surface area contributed by atoms with Gasteiger partial charge in [-0.3, -0.25) is 9.47 Å². The van der Waals surface area contributed by atoms with Crippen molar-refractivity contribution >= 4 is 5.91 Å². The van der Waals surface area contributed by atoms with E-state index in [1.807, 2.05) is 19.1 Å². The molecule has 3 N–H and O–H groups in total. The molecular formula is C15H19N3O. The monoisotopic (exact) mass is 257 g/mol. The third-order valence-electron chi connectivity index (χ3n) is 3.33. The first-order valence-corrected chi connectivity index (χ1v) is 6.27. The molecule has 1 aromatic heterocycles. The topological polar surface area (TPSA) is 60.1 Å². The number of carbonyl (C=O) groups excluding carboxylic acids is 1. The van der Waals surface area contributed by atoms with Gasteiger partial charge in [0, 0.05) is 17.0 Å². The first-order chi connectivity index (χ1) is 8.99. The minimum Gasteiger partial charge on any atom is -0.366 e. The summed E-state index contributed by atoms with van der Waals surface area (Å²) in [5, 5.41) is 0. The molecule has 0 radical (unpaired) electrons. The highest BCUT2D eigenvalue weighted by Gasteiger charge is 2.05. The number of nitrogens with zero attached hydrogens (tertiary/aromatic N) is 1. The molecule has 0 atom stereocenters. The van der Waals surface area contributed by atoms with Gasteiger partial charge in [-0.05, 0) is 56.2 Å². The fourth-order valence-corrected chi connectivity index (χ4v) is 2.13. The van der Waals surface area contributed by atoms with E-state index in [2.05, 4.69) is 36.1 Å². The van der Waals surface area contributed by atoms with E-state index in [1.165, 1.54) is 11.4 Å². The van der Waals surface area contributed by atoms with Crippen LogP contribution in [-0.4, -0.2) is 10.6 Å². The van der Waals surface area contributed by atoms with Crippen LogP contribution in [0.5, 0.6) is 0 Å². The van der Waals surface area contributed by atoms with E-state index < -0.39 is 0 Å². The Balaban J connectivity index is 2.14. The smallest absolute Gasteiger partial charge is 0.248 e. The number of benzene rings is 1. The van der Waals surface area contributed by atoms with E-state index >= 15 is 0 Å². The Bertz CT molecular complexity index is 594. The summed E-state index contributed by atoms with van der Waals surface area (Å²) in [5.41, 5.74) is 13.7. The Morgan fingerprint density at radius 3 is 2.32 bits per heavy atom. The lowest BCUT2D eigenvalue weighted by atomic mass is 10.1. The van der Waals surface area contributed by atoms with Gasteiger partial charge in [0.1, 0.15) is 0 Å². The Labute approximate surface area is 113 Å². The molecule has 19 heavy (non-hydrogen) atoms. The van der Waals surface area contributed by atoms with E-state index in [1.54, 1.807) is 6.07 Å². The van der Waals surface area contributed by atoms with Crippen molar-refractivity contribution in [2.75, 3.05) is 5.43 Å². The Morgan fingerprint density at radius 1 is 1.16 bits per heavy atom. The van der Waals surface area contributed by atoms with Crippen LogP contribution in [-0.2, 0) is 6.54 Å². The van der Waals surface area contributed by atoms with Gasteiger partial charge in [-0.15, -0.1) is 0 Å². The summed E-state index contributed by atoms with van der Waals surface area (Å²) < 4.78 is 2.06. The summed E-state index contributed by atoms with van der Waals surface area (Å²) in [6.45, 7) is 6.81. The van der Waals surface area contributed by atoms with Crippen LogP contribution in [0.2, 0.25) is 0 Å². The zero-order valence-electron chi connectivity index (χ0n) is 11.5. The summed E-state index contributed by atoms with van der Waals surface area (Å²) >= 11 is 0. The zero-order valence-corrected chi connectivity index (χ0v) is 11.5.